The molecule has 2 fully saturated rings. The summed E-state index contributed by atoms with van der Waals surface area (Å²) in [6, 6.07) is 15.5. The molecule has 0 unspecified atom stereocenters. The van der Waals surface area contributed by atoms with E-state index in [0.29, 0.717) is 18.0 Å². The van der Waals surface area contributed by atoms with Gasteiger partial charge in [0.25, 0.3) is 5.91 Å². The Labute approximate surface area is 162 Å². The van der Waals surface area contributed by atoms with Crippen LogP contribution in [0.1, 0.15) is 72.8 Å². The number of benzene rings is 1. The molecule has 4 rings (SSSR count). The zero-order chi connectivity index (χ0) is 18.8. The molecule has 0 radical (unpaired) electrons. The highest BCUT2D eigenvalue weighted by Crippen LogP contribution is 2.30. The van der Waals surface area contributed by atoms with Crippen molar-refractivity contribution in [2.24, 2.45) is 0 Å². The first-order chi connectivity index (χ1) is 13.1. The summed E-state index contributed by atoms with van der Waals surface area (Å²) in [6.07, 6.45) is 4.77. The van der Waals surface area contributed by atoms with E-state index in [1.54, 1.807) is 0 Å². The normalized spacial score (nSPS) is 16.7. The summed E-state index contributed by atoms with van der Waals surface area (Å²) in [5.74, 6) is 0.506. The van der Waals surface area contributed by atoms with Gasteiger partial charge in [-0.3, -0.25) is 14.7 Å². The van der Waals surface area contributed by atoms with Crippen molar-refractivity contribution in [3.63, 3.8) is 0 Å². The van der Waals surface area contributed by atoms with Gasteiger partial charge in [0.05, 0.1) is 5.69 Å². The fourth-order valence-corrected chi connectivity index (χ4v) is 3.36. The van der Waals surface area contributed by atoms with Crippen molar-refractivity contribution in [3.8, 4) is 0 Å². The molecule has 0 spiro atoms. The van der Waals surface area contributed by atoms with Crippen LogP contribution in [-0.4, -0.2) is 27.9 Å². The number of hydrogen-bond donors (Lipinski definition) is 1. The third-order valence-electron chi connectivity index (χ3n) is 5.36. The van der Waals surface area contributed by atoms with Crippen molar-refractivity contribution >= 4 is 5.91 Å². The number of nitrogens with zero attached hydrogens (tertiary/aromatic N) is 2. The smallest absolute Gasteiger partial charge is 0.251 e. The Kier molecular flexibility index (Phi) is 5.26. The monoisotopic (exact) mass is 363 g/mol. The van der Waals surface area contributed by atoms with Crippen molar-refractivity contribution in [3.05, 3.63) is 65.0 Å². The molecular formula is C23H29N3O. The van der Waals surface area contributed by atoms with Crippen molar-refractivity contribution in [1.82, 2.24) is 15.2 Å². The number of carbonyl (C=O) groups is 1. The lowest BCUT2D eigenvalue weighted by Crippen LogP contribution is -2.26. The van der Waals surface area contributed by atoms with Crippen LogP contribution in [0.15, 0.2) is 42.5 Å². The molecule has 2 aliphatic rings. The zero-order valence-corrected chi connectivity index (χ0v) is 16.3. The largest absolute Gasteiger partial charge is 0.349 e. The van der Waals surface area contributed by atoms with Gasteiger partial charge in [-0.05, 0) is 61.4 Å². The van der Waals surface area contributed by atoms with Gasteiger partial charge < -0.3 is 5.32 Å². The molecular weight excluding hydrogens is 334 g/mol. The minimum atomic E-state index is 0.0535. The topological polar surface area (TPSA) is 45.2 Å². The minimum absolute atomic E-state index is 0.0535. The molecule has 0 atom stereocenters. The summed E-state index contributed by atoms with van der Waals surface area (Å²) in [5, 5.41) is 3.05. The SMILES string of the molecule is CC(C)c1cccc(CN(Cc2ccc(C(=O)NC3CC3)cc2)C2CC2)n1. The van der Waals surface area contributed by atoms with E-state index in [9.17, 15) is 4.79 Å². The lowest BCUT2D eigenvalue weighted by atomic mass is 10.1. The molecule has 1 amide bonds. The maximum atomic E-state index is 12.1. The fourth-order valence-electron chi connectivity index (χ4n) is 3.36. The predicted octanol–water partition coefficient (Wildman–Crippen LogP) is 4.26. The number of rotatable bonds is 8. The number of hydrogen-bond acceptors (Lipinski definition) is 3. The number of aromatic nitrogens is 1. The molecule has 142 valence electrons. The van der Waals surface area contributed by atoms with Gasteiger partial charge in [-0.2, -0.15) is 0 Å². The average molecular weight is 364 g/mol. The van der Waals surface area contributed by atoms with E-state index in [2.05, 4.69) is 54.4 Å². The van der Waals surface area contributed by atoms with Gasteiger partial charge in [0, 0.05) is 36.4 Å². The maximum Gasteiger partial charge on any atom is 0.251 e. The second-order valence-electron chi connectivity index (χ2n) is 8.29. The van der Waals surface area contributed by atoms with E-state index in [4.69, 9.17) is 4.98 Å². The van der Waals surface area contributed by atoms with Crippen LogP contribution < -0.4 is 5.32 Å². The van der Waals surface area contributed by atoms with Crippen molar-refractivity contribution in [1.29, 1.82) is 0 Å². The van der Waals surface area contributed by atoms with Gasteiger partial charge in [-0.1, -0.05) is 32.0 Å². The Morgan fingerprint density at radius 1 is 1.07 bits per heavy atom. The average Bonchev–Trinajstić information content (AvgIpc) is 3.56. The summed E-state index contributed by atoms with van der Waals surface area (Å²) in [7, 11) is 0. The molecule has 27 heavy (non-hydrogen) atoms. The standard InChI is InChI=1S/C23H29N3O/c1-16(2)22-5-3-4-20(24-22)15-26(21-12-13-21)14-17-6-8-18(9-7-17)23(27)25-19-10-11-19/h3-9,16,19,21H,10-15H2,1-2H3,(H,25,27). The van der Waals surface area contributed by atoms with Gasteiger partial charge in [0.1, 0.15) is 0 Å². The fraction of sp³-hybridized carbons (Fsp3) is 0.478. The molecule has 4 nitrogen and oxygen atoms in total. The van der Waals surface area contributed by atoms with Gasteiger partial charge in [-0.25, -0.2) is 0 Å². The Morgan fingerprint density at radius 3 is 2.44 bits per heavy atom. The van der Waals surface area contributed by atoms with Crippen LogP contribution in [0.3, 0.4) is 0 Å². The summed E-state index contributed by atoms with van der Waals surface area (Å²) in [5.41, 5.74) is 4.32. The summed E-state index contributed by atoms with van der Waals surface area (Å²) in [4.78, 5) is 19.5. The van der Waals surface area contributed by atoms with Gasteiger partial charge in [-0.15, -0.1) is 0 Å². The third-order valence-corrected chi connectivity index (χ3v) is 5.36. The molecule has 2 aliphatic carbocycles. The molecule has 1 aromatic carbocycles. The predicted molar refractivity (Wildman–Crippen MR) is 108 cm³/mol. The second kappa shape index (κ2) is 7.81. The molecule has 1 heterocycles. The van der Waals surface area contributed by atoms with Crippen molar-refractivity contribution < 1.29 is 4.79 Å². The maximum absolute atomic E-state index is 12.1. The third kappa shape index (κ3) is 4.95. The Bertz CT molecular complexity index is 792. The van der Waals surface area contributed by atoms with E-state index in [1.165, 1.54) is 18.4 Å². The van der Waals surface area contributed by atoms with Crippen LogP contribution in [-0.2, 0) is 13.1 Å². The van der Waals surface area contributed by atoms with Crippen molar-refractivity contribution in [2.45, 2.75) is 70.6 Å². The molecule has 1 N–H and O–H groups in total. The first-order valence-electron chi connectivity index (χ1n) is 10.2. The van der Waals surface area contributed by atoms with Gasteiger partial charge in [0.2, 0.25) is 0 Å². The van der Waals surface area contributed by atoms with Crippen molar-refractivity contribution in [2.75, 3.05) is 0 Å². The summed E-state index contributed by atoms with van der Waals surface area (Å²) >= 11 is 0. The lowest BCUT2D eigenvalue weighted by molar-refractivity contribution is 0.0951. The minimum Gasteiger partial charge on any atom is -0.349 e. The molecule has 2 aromatic rings. The highest BCUT2D eigenvalue weighted by atomic mass is 16.1. The van der Waals surface area contributed by atoms with Crippen LogP contribution in [0.5, 0.6) is 0 Å². The van der Waals surface area contributed by atoms with Crippen LogP contribution in [0.4, 0.5) is 0 Å². The number of amides is 1. The van der Waals surface area contributed by atoms with E-state index >= 15 is 0 Å². The summed E-state index contributed by atoms with van der Waals surface area (Å²) in [6.45, 7) is 6.16. The second-order valence-corrected chi connectivity index (χ2v) is 8.29. The highest BCUT2D eigenvalue weighted by molar-refractivity contribution is 5.94. The van der Waals surface area contributed by atoms with E-state index in [-0.39, 0.29) is 5.91 Å². The number of nitrogens with one attached hydrogen (secondary N) is 1. The van der Waals surface area contributed by atoms with E-state index in [1.807, 2.05) is 12.1 Å². The molecule has 0 aliphatic heterocycles. The van der Waals surface area contributed by atoms with Gasteiger partial charge >= 0.3 is 0 Å². The first-order valence-corrected chi connectivity index (χ1v) is 10.2. The zero-order valence-electron chi connectivity index (χ0n) is 16.3. The Balaban J connectivity index is 1.41. The summed E-state index contributed by atoms with van der Waals surface area (Å²) < 4.78 is 0. The highest BCUT2D eigenvalue weighted by Gasteiger charge is 2.29. The molecule has 2 saturated carbocycles. The van der Waals surface area contributed by atoms with Crippen LogP contribution in [0, 0.1) is 0 Å². The van der Waals surface area contributed by atoms with E-state index < -0.39 is 0 Å². The van der Waals surface area contributed by atoms with Crippen LogP contribution in [0.2, 0.25) is 0 Å². The molecule has 0 bridgehead atoms. The lowest BCUT2D eigenvalue weighted by Gasteiger charge is -2.22. The van der Waals surface area contributed by atoms with E-state index in [0.717, 1.165) is 42.9 Å². The quantitative estimate of drug-likeness (QED) is 0.762. The number of carbonyl (C=O) groups excluding carboxylic acids is 1. The Hall–Kier alpha value is -2.20. The first kappa shape index (κ1) is 18.2. The molecule has 1 aromatic heterocycles. The molecule has 0 saturated heterocycles. The number of pyridine rings is 1. The molecule has 4 heteroatoms. The van der Waals surface area contributed by atoms with Crippen LogP contribution >= 0.6 is 0 Å². The Morgan fingerprint density at radius 2 is 1.81 bits per heavy atom. The van der Waals surface area contributed by atoms with Gasteiger partial charge in [0.15, 0.2) is 0 Å². The van der Waals surface area contributed by atoms with Crippen LogP contribution in [0.25, 0.3) is 0 Å².